The third-order valence-electron chi connectivity index (χ3n) is 4.02. The molecule has 7 nitrogen and oxygen atoms in total. The number of halogens is 4. The maximum atomic E-state index is 11.1. The lowest BCUT2D eigenvalue weighted by molar-refractivity contribution is -0.846. The minimum absolute atomic E-state index is 0.0337. The molecule has 3 aromatic carbocycles. The van der Waals surface area contributed by atoms with Crippen molar-refractivity contribution >= 4 is 30.2 Å². The largest absolute Gasteiger partial charge is 0.673 e. The van der Waals surface area contributed by atoms with Gasteiger partial charge < -0.3 is 17.3 Å². The highest BCUT2D eigenvalue weighted by molar-refractivity contribution is 6.50. The van der Waals surface area contributed by atoms with Crippen molar-refractivity contribution in [3.05, 3.63) is 101 Å². The normalized spacial score (nSPS) is 15.4. The van der Waals surface area contributed by atoms with Crippen LogP contribution in [0.5, 0.6) is 0 Å². The van der Waals surface area contributed by atoms with Crippen molar-refractivity contribution in [2.24, 2.45) is 5.10 Å². The van der Waals surface area contributed by atoms with Gasteiger partial charge in [0.15, 0.2) is 5.69 Å². The summed E-state index contributed by atoms with van der Waals surface area (Å²) in [6.07, 6.45) is 0. The van der Waals surface area contributed by atoms with Crippen LogP contribution in [0.4, 0.5) is 34.3 Å². The van der Waals surface area contributed by atoms with Gasteiger partial charge in [0.25, 0.3) is 5.69 Å². The fourth-order valence-electron chi connectivity index (χ4n) is 2.78. The molecule has 1 aliphatic rings. The number of nitro groups is 1. The maximum Gasteiger partial charge on any atom is 0.673 e. The molecule has 0 aromatic heterocycles. The van der Waals surface area contributed by atoms with Gasteiger partial charge in [-0.15, -0.1) is 0 Å². The molecule has 0 amide bonds. The van der Waals surface area contributed by atoms with Gasteiger partial charge in [-0.05, 0) is 17.2 Å². The number of amidine groups is 1. The molecule has 160 valence electrons. The van der Waals surface area contributed by atoms with Crippen molar-refractivity contribution in [3.63, 3.8) is 0 Å². The highest BCUT2D eigenvalue weighted by Crippen LogP contribution is 2.17. The van der Waals surface area contributed by atoms with Gasteiger partial charge in [-0.25, -0.2) is 5.43 Å². The number of para-hydroxylation sites is 1. The van der Waals surface area contributed by atoms with Crippen LogP contribution < -0.4 is 15.7 Å². The second kappa shape index (κ2) is 9.26. The Labute approximate surface area is 174 Å². The van der Waals surface area contributed by atoms with E-state index >= 15 is 0 Å². The van der Waals surface area contributed by atoms with Crippen LogP contribution in [0.1, 0.15) is 5.56 Å². The van der Waals surface area contributed by atoms with Gasteiger partial charge in [0.05, 0.1) is 4.92 Å². The van der Waals surface area contributed by atoms with Crippen LogP contribution in [0.15, 0.2) is 90.0 Å². The standard InChI is InChI=1S/C19H15N5O2.BF4/c25-24(26)18-13-7-8-15(14-18)19-20-22(16-9-3-1-4-10-16)23(21-19)17-11-5-2-6-12-17;2-1(3,4)5/h1-14H,(H,20,21);/q;-1/p+1. The number of hydrogen-bond acceptors (Lipinski definition) is 5. The van der Waals surface area contributed by atoms with Crippen LogP contribution >= 0.6 is 0 Å². The van der Waals surface area contributed by atoms with E-state index in [0.717, 1.165) is 16.5 Å². The Bertz CT molecular complexity index is 1060. The number of quaternary nitrogens is 1. The zero-order chi connectivity index (χ0) is 22.4. The van der Waals surface area contributed by atoms with E-state index in [1.807, 2.05) is 65.8 Å². The highest BCUT2D eigenvalue weighted by Gasteiger charge is 2.32. The summed E-state index contributed by atoms with van der Waals surface area (Å²) in [6, 6.07) is 26.0. The number of benzene rings is 3. The number of rotatable bonds is 4. The molecule has 0 aliphatic carbocycles. The molecule has 2 N–H and O–H groups in total. The van der Waals surface area contributed by atoms with Crippen LogP contribution in [0, 0.1) is 10.1 Å². The summed E-state index contributed by atoms with van der Waals surface area (Å²) in [7, 11) is -6.00. The number of hydrogen-bond donors (Lipinski definition) is 2. The van der Waals surface area contributed by atoms with Crippen LogP contribution in [0.3, 0.4) is 0 Å². The van der Waals surface area contributed by atoms with Crippen molar-refractivity contribution in [2.45, 2.75) is 0 Å². The SMILES string of the molecule is F[B-](F)(F)F.O=[N+]([O-])c1cccc(C2=N[NH+](c3ccccc3)N(c3ccccc3)N2)c1. The van der Waals surface area contributed by atoms with E-state index in [1.54, 1.807) is 12.1 Å². The number of nitro benzene ring substituents is 1. The summed E-state index contributed by atoms with van der Waals surface area (Å²) in [5.74, 6) is 0.566. The van der Waals surface area contributed by atoms with E-state index in [1.165, 1.54) is 12.1 Å². The Morgan fingerprint density at radius 3 is 2.06 bits per heavy atom. The molecule has 12 heteroatoms. The molecule has 3 aromatic rings. The fraction of sp³-hybridized carbons (Fsp3) is 0. The Hall–Kier alpha value is -3.93. The van der Waals surface area contributed by atoms with E-state index in [-0.39, 0.29) is 5.69 Å². The first-order valence-corrected chi connectivity index (χ1v) is 8.97. The molecule has 0 fully saturated rings. The first-order chi connectivity index (χ1) is 14.7. The number of nitrogens with one attached hydrogen (secondary N) is 2. The Morgan fingerprint density at radius 1 is 0.903 bits per heavy atom. The van der Waals surface area contributed by atoms with Gasteiger partial charge in [0.2, 0.25) is 5.84 Å². The molecular weight excluding hydrogens is 417 g/mol. The molecule has 1 atom stereocenters. The monoisotopic (exact) mass is 433 g/mol. The zero-order valence-corrected chi connectivity index (χ0v) is 15.8. The second-order valence-electron chi connectivity index (χ2n) is 6.24. The molecule has 31 heavy (non-hydrogen) atoms. The van der Waals surface area contributed by atoms with Gasteiger partial charge in [-0.3, -0.25) is 10.1 Å². The third kappa shape index (κ3) is 6.03. The van der Waals surface area contributed by atoms with Gasteiger partial charge in [-0.2, -0.15) is 0 Å². The average Bonchev–Trinajstić information content (AvgIpc) is 3.19. The Balaban J connectivity index is 0.000000491. The van der Waals surface area contributed by atoms with Gasteiger partial charge in [-0.1, -0.05) is 58.8 Å². The Kier molecular flexibility index (Phi) is 6.51. The summed E-state index contributed by atoms with van der Waals surface area (Å²) in [5, 5.41) is 18.4. The van der Waals surface area contributed by atoms with E-state index in [4.69, 9.17) is 5.10 Å². The maximum absolute atomic E-state index is 11.1. The first-order valence-electron chi connectivity index (χ1n) is 8.97. The van der Waals surface area contributed by atoms with Crippen LogP contribution in [0.25, 0.3) is 0 Å². The van der Waals surface area contributed by atoms with E-state index < -0.39 is 12.2 Å². The minimum Gasteiger partial charge on any atom is -0.418 e. The lowest BCUT2D eigenvalue weighted by Gasteiger charge is -2.21. The molecular formula is C19H16BF4N5O2. The van der Waals surface area contributed by atoms with Crippen molar-refractivity contribution < 1.29 is 27.3 Å². The van der Waals surface area contributed by atoms with Crippen molar-refractivity contribution in [1.82, 2.24) is 5.43 Å². The molecule has 1 unspecified atom stereocenters. The minimum atomic E-state index is -6.00. The quantitative estimate of drug-likeness (QED) is 0.285. The predicted molar refractivity (Wildman–Crippen MR) is 109 cm³/mol. The summed E-state index contributed by atoms with van der Waals surface area (Å²) in [6.45, 7) is 0. The van der Waals surface area contributed by atoms with E-state index in [0.29, 0.717) is 11.4 Å². The molecule has 0 spiro atoms. The van der Waals surface area contributed by atoms with Crippen LogP contribution in [-0.2, 0) is 0 Å². The molecule has 0 saturated carbocycles. The molecule has 1 heterocycles. The highest BCUT2D eigenvalue weighted by atomic mass is 19.5. The molecule has 0 radical (unpaired) electrons. The number of anilines is 1. The molecule has 1 aliphatic heterocycles. The summed E-state index contributed by atoms with van der Waals surface area (Å²) in [5.41, 5.74) is 5.83. The lowest BCUT2D eigenvalue weighted by Crippen LogP contribution is -3.10. The molecule has 4 rings (SSSR count). The molecule has 0 bridgehead atoms. The number of non-ortho nitro benzene ring substituents is 1. The van der Waals surface area contributed by atoms with Gasteiger partial charge in [0.1, 0.15) is 5.69 Å². The number of hydrazine groups is 1. The van der Waals surface area contributed by atoms with E-state index in [9.17, 15) is 27.4 Å². The lowest BCUT2D eigenvalue weighted by atomic mass is 10.2. The van der Waals surface area contributed by atoms with Gasteiger partial charge in [0, 0.05) is 29.8 Å². The van der Waals surface area contributed by atoms with Crippen LogP contribution in [-0.4, -0.2) is 18.0 Å². The summed E-state index contributed by atoms with van der Waals surface area (Å²) >= 11 is 0. The van der Waals surface area contributed by atoms with Crippen molar-refractivity contribution in [2.75, 3.05) is 5.12 Å². The molecule has 0 saturated heterocycles. The van der Waals surface area contributed by atoms with Gasteiger partial charge >= 0.3 is 7.25 Å². The number of nitrogens with zero attached hydrogens (tertiary/aromatic N) is 3. The first kappa shape index (κ1) is 21.8. The van der Waals surface area contributed by atoms with Crippen LogP contribution in [0.2, 0.25) is 0 Å². The predicted octanol–water partition coefficient (Wildman–Crippen LogP) is 3.71. The summed E-state index contributed by atoms with van der Waals surface area (Å²) < 4.78 is 39.0. The van der Waals surface area contributed by atoms with E-state index in [2.05, 4.69) is 5.43 Å². The zero-order valence-electron chi connectivity index (χ0n) is 15.8. The smallest absolute Gasteiger partial charge is 0.418 e. The average molecular weight is 433 g/mol. The fourth-order valence-corrected chi connectivity index (χ4v) is 2.78. The van der Waals surface area contributed by atoms with Crippen molar-refractivity contribution in [1.29, 1.82) is 0 Å². The topological polar surface area (TPSA) is 75.2 Å². The summed E-state index contributed by atoms with van der Waals surface area (Å²) in [4.78, 5) is 10.7. The Morgan fingerprint density at radius 2 is 1.48 bits per heavy atom. The third-order valence-corrected chi connectivity index (χ3v) is 4.02. The second-order valence-corrected chi connectivity index (χ2v) is 6.24. The van der Waals surface area contributed by atoms with Crippen molar-refractivity contribution in [3.8, 4) is 0 Å².